The van der Waals surface area contributed by atoms with Crippen molar-refractivity contribution in [2.45, 2.75) is 25.5 Å². The van der Waals surface area contributed by atoms with E-state index in [1.54, 1.807) is 0 Å². The first-order chi connectivity index (χ1) is 9.13. The zero-order valence-electron chi connectivity index (χ0n) is 10.1. The average Bonchev–Trinajstić information content (AvgIpc) is 2.42. The molecule has 0 aliphatic rings. The monoisotopic (exact) mass is 263 g/mol. The van der Waals surface area contributed by atoms with Crippen LogP contribution in [0.1, 0.15) is 18.4 Å². The highest BCUT2D eigenvalue weighted by molar-refractivity contribution is 5.76. The molecule has 6 heteroatoms. The Morgan fingerprint density at radius 2 is 2.00 bits per heavy atom. The first-order valence-corrected chi connectivity index (χ1v) is 5.63. The minimum absolute atomic E-state index is 0.0851. The van der Waals surface area contributed by atoms with Crippen LogP contribution in [0.25, 0.3) is 0 Å². The Balaban J connectivity index is 2.35. The summed E-state index contributed by atoms with van der Waals surface area (Å²) in [6.07, 6.45) is 0.972. The number of ether oxygens (including phenoxy) is 1. The fourth-order valence-electron chi connectivity index (χ4n) is 1.37. The van der Waals surface area contributed by atoms with Crippen LogP contribution in [-0.2, 0) is 25.7 Å². The van der Waals surface area contributed by atoms with Gasteiger partial charge in [0.25, 0.3) is 0 Å². The molecule has 1 atom stereocenters. The van der Waals surface area contributed by atoms with Crippen molar-refractivity contribution in [1.82, 2.24) is 0 Å². The fraction of sp³-hybridized carbons (Fsp3) is 0.308. The van der Waals surface area contributed by atoms with Gasteiger partial charge in [0.15, 0.2) is 6.04 Å². The Kier molecular flexibility index (Phi) is 5.98. The Morgan fingerprint density at radius 1 is 1.32 bits per heavy atom. The van der Waals surface area contributed by atoms with Crippen molar-refractivity contribution >= 4 is 18.0 Å². The molecule has 0 aromatic heterocycles. The summed E-state index contributed by atoms with van der Waals surface area (Å²) in [5.74, 6) is -1.80. The third-order valence-electron chi connectivity index (χ3n) is 2.36. The van der Waals surface area contributed by atoms with E-state index in [-0.39, 0.29) is 19.4 Å². The van der Waals surface area contributed by atoms with Crippen LogP contribution in [0.4, 0.5) is 0 Å². The van der Waals surface area contributed by atoms with E-state index in [4.69, 9.17) is 9.84 Å². The average molecular weight is 263 g/mol. The maximum atomic E-state index is 11.4. The molecule has 19 heavy (non-hydrogen) atoms. The second-order valence-corrected chi connectivity index (χ2v) is 3.76. The number of rotatable bonds is 7. The molecule has 0 radical (unpaired) electrons. The third-order valence-corrected chi connectivity index (χ3v) is 2.36. The highest BCUT2D eigenvalue weighted by Crippen LogP contribution is 2.06. The SMILES string of the molecule is O=C=NC(CCC(=O)OCc1ccccc1)C(=O)O. The lowest BCUT2D eigenvalue weighted by Crippen LogP contribution is -2.19. The Bertz CT molecular complexity index is 477. The number of aliphatic imine (C=N–C) groups is 1. The lowest BCUT2D eigenvalue weighted by atomic mass is 10.1. The Hall–Kier alpha value is -2.46. The molecule has 6 nitrogen and oxygen atoms in total. The Labute approximate surface area is 109 Å². The summed E-state index contributed by atoms with van der Waals surface area (Å²) in [7, 11) is 0. The van der Waals surface area contributed by atoms with Crippen LogP contribution in [0.2, 0.25) is 0 Å². The van der Waals surface area contributed by atoms with Crippen LogP contribution in [0, 0.1) is 0 Å². The van der Waals surface area contributed by atoms with Crippen molar-refractivity contribution in [3.05, 3.63) is 35.9 Å². The van der Waals surface area contributed by atoms with E-state index in [0.29, 0.717) is 0 Å². The van der Waals surface area contributed by atoms with Gasteiger partial charge in [0.1, 0.15) is 6.61 Å². The number of carboxylic acids is 1. The smallest absolute Gasteiger partial charge is 0.329 e. The molecule has 0 spiro atoms. The molecule has 0 saturated heterocycles. The summed E-state index contributed by atoms with van der Waals surface area (Å²) in [6.45, 7) is 0.133. The van der Waals surface area contributed by atoms with Gasteiger partial charge < -0.3 is 9.84 Å². The van der Waals surface area contributed by atoms with Gasteiger partial charge in [-0.2, -0.15) is 4.99 Å². The van der Waals surface area contributed by atoms with Gasteiger partial charge in [-0.05, 0) is 12.0 Å². The lowest BCUT2D eigenvalue weighted by Gasteiger charge is -2.06. The van der Waals surface area contributed by atoms with Crippen molar-refractivity contribution in [3.63, 3.8) is 0 Å². The van der Waals surface area contributed by atoms with Crippen LogP contribution in [0.5, 0.6) is 0 Å². The van der Waals surface area contributed by atoms with E-state index in [1.165, 1.54) is 6.08 Å². The number of benzene rings is 1. The quantitative estimate of drug-likeness (QED) is 0.454. The maximum absolute atomic E-state index is 11.4. The molecule has 100 valence electrons. The van der Waals surface area contributed by atoms with Crippen LogP contribution < -0.4 is 0 Å². The molecule has 1 aromatic carbocycles. The molecule has 0 aliphatic heterocycles. The fourth-order valence-corrected chi connectivity index (χ4v) is 1.37. The molecule has 0 fully saturated rings. The maximum Gasteiger partial charge on any atom is 0.329 e. The van der Waals surface area contributed by atoms with E-state index in [2.05, 4.69) is 4.99 Å². The molecular formula is C13H13NO5. The summed E-state index contributed by atoms with van der Waals surface area (Å²) >= 11 is 0. The summed E-state index contributed by atoms with van der Waals surface area (Å²) in [5.41, 5.74) is 0.844. The van der Waals surface area contributed by atoms with Gasteiger partial charge in [0.05, 0.1) is 0 Å². The summed E-state index contributed by atoms with van der Waals surface area (Å²) in [4.78, 5) is 35.2. The first kappa shape index (κ1) is 14.6. The van der Waals surface area contributed by atoms with Gasteiger partial charge in [-0.3, -0.25) is 4.79 Å². The highest BCUT2D eigenvalue weighted by Gasteiger charge is 2.18. The third kappa shape index (κ3) is 5.61. The molecular weight excluding hydrogens is 250 g/mol. The topological polar surface area (TPSA) is 93.0 Å². The molecule has 0 aliphatic carbocycles. The van der Waals surface area contributed by atoms with Gasteiger partial charge in [0, 0.05) is 6.42 Å². The molecule has 1 N–H and O–H groups in total. The van der Waals surface area contributed by atoms with Gasteiger partial charge in [-0.1, -0.05) is 30.3 Å². The number of carboxylic acid groups (broad SMARTS) is 1. The van der Waals surface area contributed by atoms with Crippen molar-refractivity contribution in [2.75, 3.05) is 0 Å². The van der Waals surface area contributed by atoms with Gasteiger partial charge in [-0.15, -0.1) is 0 Å². The van der Waals surface area contributed by atoms with E-state index in [9.17, 15) is 14.4 Å². The van der Waals surface area contributed by atoms with Crippen molar-refractivity contribution in [3.8, 4) is 0 Å². The van der Waals surface area contributed by atoms with E-state index >= 15 is 0 Å². The zero-order valence-corrected chi connectivity index (χ0v) is 10.1. The molecule has 0 heterocycles. The molecule has 1 aromatic rings. The number of nitrogens with zero attached hydrogens (tertiary/aromatic N) is 1. The largest absolute Gasteiger partial charge is 0.480 e. The van der Waals surface area contributed by atoms with Gasteiger partial charge in [-0.25, -0.2) is 9.59 Å². The van der Waals surface area contributed by atoms with E-state index in [0.717, 1.165) is 5.56 Å². The second kappa shape index (κ2) is 7.79. The Morgan fingerprint density at radius 3 is 2.58 bits per heavy atom. The van der Waals surface area contributed by atoms with E-state index in [1.807, 2.05) is 30.3 Å². The van der Waals surface area contributed by atoms with Crippen molar-refractivity contribution in [2.24, 2.45) is 4.99 Å². The first-order valence-electron chi connectivity index (χ1n) is 5.63. The number of carbonyl (C=O) groups is 2. The number of isocyanates is 1. The van der Waals surface area contributed by atoms with Crippen molar-refractivity contribution < 1.29 is 24.2 Å². The number of hydrogen-bond donors (Lipinski definition) is 1. The second-order valence-electron chi connectivity index (χ2n) is 3.76. The normalized spacial score (nSPS) is 11.2. The molecule has 0 bridgehead atoms. The standard InChI is InChI=1S/C13H13NO5/c15-9-14-11(13(17)18)6-7-12(16)19-8-10-4-2-1-3-5-10/h1-5,11H,6-8H2,(H,17,18). The summed E-state index contributed by atoms with van der Waals surface area (Å²) in [6, 6.07) is 7.86. The minimum atomic E-state index is -1.26. The van der Waals surface area contributed by atoms with Crippen LogP contribution in [0.15, 0.2) is 35.3 Å². The predicted molar refractivity (Wildman–Crippen MR) is 65.0 cm³/mol. The van der Waals surface area contributed by atoms with Crippen LogP contribution >= 0.6 is 0 Å². The summed E-state index contributed by atoms with van der Waals surface area (Å²) in [5, 5.41) is 8.70. The molecule has 0 amide bonds. The summed E-state index contributed by atoms with van der Waals surface area (Å²) < 4.78 is 4.96. The molecule has 1 rings (SSSR count). The van der Waals surface area contributed by atoms with Gasteiger partial charge >= 0.3 is 11.9 Å². The molecule has 1 unspecified atom stereocenters. The lowest BCUT2D eigenvalue weighted by molar-refractivity contribution is -0.145. The van der Waals surface area contributed by atoms with Gasteiger partial charge in [0.2, 0.25) is 6.08 Å². The number of aliphatic carboxylic acids is 1. The number of carbonyl (C=O) groups excluding carboxylic acids is 2. The van der Waals surface area contributed by atoms with Crippen LogP contribution in [-0.4, -0.2) is 29.2 Å². The molecule has 0 saturated carbocycles. The zero-order chi connectivity index (χ0) is 14.1. The number of hydrogen-bond acceptors (Lipinski definition) is 5. The number of esters is 1. The predicted octanol–water partition coefficient (Wildman–Crippen LogP) is 1.30. The van der Waals surface area contributed by atoms with Crippen LogP contribution in [0.3, 0.4) is 0 Å². The highest BCUT2D eigenvalue weighted by atomic mass is 16.5. The van der Waals surface area contributed by atoms with Crippen molar-refractivity contribution in [1.29, 1.82) is 0 Å². The minimum Gasteiger partial charge on any atom is -0.480 e. The van der Waals surface area contributed by atoms with E-state index < -0.39 is 18.0 Å².